The SMILES string of the molecule is CN(C)CCc1n[nH]c(=S)n1C1CC1. The third-order valence-electron chi connectivity index (χ3n) is 2.47. The second-order valence-electron chi connectivity index (χ2n) is 4.10. The molecule has 1 aromatic heterocycles. The molecule has 1 N–H and O–H groups in total. The zero-order valence-electron chi connectivity index (χ0n) is 8.66. The molecule has 1 aliphatic rings. The van der Waals surface area contributed by atoms with E-state index in [0.29, 0.717) is 6.04 Å². The van der Waals surface area contributed by atoms with Crippen molar-refractivity contribution < 1.29 is 0 Å². The summed E-state index contributed by atoms with van der Waals surface area (Å²) in [5, 5.41) is 7.15. The number of rotatable bonds is 4. The van der Waals surface area contributed by atoms with Crippen molar-refractivity contribution in [2.75, 3.05) is 20.6 Å². The van der Waals surface area contributed by atoms with Gasteiger partial charge in [-0.1, -0.05) is 0 Å². The average molecular weight is 212 g/mol. The lowest BCUT2D eigenvalue weighted by Gasteiger charge is -2.09. The Morgan fingerprint density at radius 3 is 2.86 bits per heavy atom. The molecular formula is C9H16N4S. The summed E-state index contributed by atoms with van der Waals surface area (Å²) in [7, 11) is 4.14. The molecule has 0 bridgehead atoms. The first-order chi connectivity index (χ1) is 6.68. The average Bonchev–Trinajstić information content (AvgIpc) is 2.88. The van der Waals surface area contributed by atoms with E-state index < -0.39 is 0 Å². The number of hydrogen-bond acceptors (Lipinski definition) is 3. The number of nitrogens with one attached hydrogen (secondary N) is 1. The zero-order valence-corrected chi connectivity index (χ0v) is 9.47. The fraction of sp³-hybridized carbons (Fsp3) is 0.778. The van der Waals surface area contributed by atoms with Crippen LogP contribution in [0.4, 0.5) is 0 Å². The van der Waals surface area contributed by atoms with Crippen molar-refractivity contribution in [3.05, 3.63) is 10.6 Å². The summed E-state index contributed by atoms with van der Waals surface area (Å²) in [6.45, 7) is 1.02. The first-order valence-corrected chi connectivity index (χ1v) is 5.40. The van der Waals surface area contributed by atoms with Gasteiger partial charge in [0, 0.05) is 19.0 Å². The van der Waals surface area contributed by atoms with Gasteiger partial charge in [-0.25, -0.2) is 0 Å². The highest BCUT2D eigenvalue weighted by Gasteiger charge is 2.26. The molecule has 0 amide bonds. The quantitative estimate of drug-likeness (QED) is 0.766. The van der Waals surface area contributed by atoms with Crippen LogP contribution in [0.3, 0.4) is 0 Å². The second-order valence-corrected chi connectivity index (χ2v) is 4.49. The Balaban J connectivity index is 2.12. The number of likely N-dealkylation sites (N-methyl/N-ethyl adjacent to an activating group) is 1. The minimum absolute atomic E-state index is 0.624. The molecule has 0 aliphatic heterocycles. The van der Waals surface area contributed by atoms with Gasteiger partial charge in [0.2, 0.25) is 0 Å². The largest absolute Gasteiger partial charge is 0.309 e. The number of aromatic amines is 1. The van der Waals surface area contributed by atoms with Crippen LogP contribution < -0.4 is 0 Å². The Morgan fingerprint density at radius 1 is 1.57 bits per heavy atom. The third-order valence-corrected chi connectivity index (χ3v) is 2.76. The van der Waals surface area contributed by atoms with E-state index in [9.17, 15) is 0 Å². The van der Waals surface area contributed by atoms with Gasteiger partial charge < -0.3 is 9.47 Å². The van der Waals surface area contributed by atoms with Crippen molar-refractivity contribution in [3.63, 3.8) is 0 Å². The lowest BCUT2D eigenvalue weighted by Crippen LogP contribution is -2.17. The normalized spacial score (nSPS) is 16.5. The number of nitrogens with zero attached hydrogens (tertiary/aromatic N) is 3. The van der Waals surface area contributed by atoms with Crippen LogP contribution in [-0.4, -0.2) is 40.3 Å². The third kappa shape index (κ3) is 2.04. The molecule has 14 heavy (non-hydrogen) atoms. The number of hydrogen-bond donors (Lipinski definition) is 1. The van der Waals surface area contributed by atoms with Crippen LogP contribution in [0.2, 0.25) is 0 Å². The molecule has 78 valence electrons. The van der Waals surface area contributed by atoms with Gasteiger partial charge in [-0.3, -0.25) is 5.10 Å². The smallest absolute Gasteiger partial charge is 0.195 e. The number of H-pyrrole nitrogens is 1. The van der Waals surface area contributed by atoms with E-state index in [1.165, 1.54) is 12.8 Å². The van der Waals surface area contributed by atoms with Crippen LogP contribution in [0.1, 0.15) is 24.7 Å². The highest BCUT2D eigenvalue weighted by atomic mass is 32.1. The molecular weight excluding hydrogens is 196 g/mol. The van der Waals surface area contributed by atoms with Crippen molar-refractivity contribution in [3.8, 4) is 0 Å². The van der Waals surface area contributed by atoms with Gasteiger partial charge in [-0.05, 0) is 39.2 Å². The lowest BCUT2D eigenvalue weighted by molar-refractivity contribution is 0.405. The summed E-state index contributed by atoms with van der Waals surface area (Å²) in [6, 6.07) is 0.624. The van der Waals surface area contributed by atoms with Gasteiger partial charge in [0.1, 0.15) is 5.82 Å². The minimum atomic E-state index is 0.624. The van der Waals surface area contributed by atoms with Crippen molar-refractivity contribution in [1.29, 1.82) is 0 Å². The second kappa shape index (κ2) is 3.82. The molecule has 1 aromatic rings. The first kappa shape index (κ1) is 9.86. The van der Waals surface area contributed by atoms with E-state index in [4.69, 9.17) is 12.2 Å². The Morgan fingerprint density at radius 2 is 2.29 bits per heavy atom. The molecule has 4 nitrogen and oxygen atoms in total. The zero-order chi connectivity index (χ0) is 10.1. The first-order valence-electron chi connectivity index (χ1n) is 4.99. The molecule has 0 saturated heterocycles. The monoisotopic (exact) mass is 212 g/mol. The topological polar surface area (TPSA) is 36.9 Å². The molecule has 0 radical (unpaired) electrons. The minimum Gasteiger partial charge on any atom is -0.309 e. The fourth-order valence-electron chi connectivity index (χ4n) is 1.55. The Bertz CT molecular complexity index is 361. The predicted molar refractivity (Wildman–Crippen MR) is 57.9 cm³/mol. The van der Waals surface area contributed by atoms with Gasteiger partial charge >= 0.3 is 0 Å². The molecule has 5 heteroatoms. The van der Waals surface area contributed by atoms with Crippen LogP contribution in [0.25, 0.3) is 0 Å². The van der Waals surface area contributed by atoms with E-state index in [0.717, 1.165) is 23.6 Å². The van der Waals surface area contributed by atoms with E-state index in [1.807, 2.05) is 0 Å². The molecule has 1 heterocycles. The molecule has 2 rings (SSSR count). The van der Waals surface area contributed by atoms with Crippen molar-refractivity contribution in [2.24, 2.45) is 0 Å². The summed E-state index contributed by atoms with van der Waals surface area (Å²) in [4.78, 5) is 2.16. The van der Waals surface area contributed by atoms with Gasteiger partial charge in [-0.2, -0.15) is 5.10 Å². The van der Waals surface area contributed by atoms with Gasteiger partial charge in [0.05, 0.1) is 0 Å². The highest BCUT2D eigenvalue weighted by molar-refractivity contribution is 7.71. The van der Waals surface area contributed by atoms with Crippen LogP contribution in [-0.2, 0) is 6.42 Å². The molecule has 1 saturated carbocycles. The summed E-state index contributed by atoms with van der Waals surface area (Å²) in [6.07, 6.45) is 3.47. The van der Waals surface area contributed by atoms with Crippen LogP contribution in [0.15, 0.2) is 0 Å². The maximum atomic E-state index is 5.20. The molecule has 0 aromatic carbocycles. The van der Waals surface area contributed by atoms with Crippen molar-refractivity contribution >= 4 is 12.2 Å². The van der Waals surface area contributed by atoms with E-state index in [-0.39, 0.29) is 0 Å². The summed E-state index contributed by atoms with van der Waals surface area (Å²) in [5.74, 6) is 1.10. The highest BCUT2D eigenvalue weighted by Crippen LogP contribution is 2.35. The van der Waals surface area contributed by atoms with Crippen molar-refractivity contribution in [2.45, 2.75) is 25.3 Å². The molecule has 0 unspecified atom stereocenters. The van der Waals surface area contributed by atoms with Crippen LogP contribution in [0.5, 0.6) is 0 Å². The van der Waals surface area contributed by atoms with E-state index in [1.54, 1.807) is 0 Å². The molecule has 1 aliphatic carbocycles. The maximum absolute atomic E-state index is 5.20. The number of aromatic nitrogens is 3. The fourth-order valence-corrected chi connectivity index (χ4v) is 1.85. The maximum Gasteiger partial charge on any atom is 0.195 e. The standard InChI is InChI=1S/C9H16N4S/c1-12(2)6-5-8-10-11-9(14)13(8)7-3-4-7/h7H,3-6H2,1-2H3,(H,11,14). The van der Waals surface area contributed by atoms with Gasteiger partial charge in [-0.15, -0.1) is 0 Å². The molecule has 0 spiro atoms. The predicted octanol–water partition coefficient (Wildman–Crippen LogP) is 1.38. The van der Waals surface area contributed by atoms with Gasteiger partial charge in [0.15, 0.2) is 4.77 Å². The Kier molecular flexibility index (Phi) is 2.69. The van der Waals surface area contributed by atoms with Crippen molar-refractivity contribution in [1.82, 2.24) is 19.7 Å². The summed E-state index contributed by atoms with van der Waals surface area (Å²) in [5.41, 5.74) is 0. The van der Waals surface area contributed by atoms with Gasteiger partial charge in [0.25, 0.3) is 0 Å². The summed E-state index contributed by atoms with van der Waals surface area (Å²) >= 11 is 5.20. The Labute approximate surface area is 88.9 Å². The van der Waals surface area contributed by atoms with Crippen LogP contribution >= 0.6 is 12.2 Å². The Hall–Kier alpha value is -0.680. The molecule has 0 atom stereocenters. The van der Waals surface area contributed by atoms with E-state index >= 15 is 0 Å². The lowest BCUT2D eigenvalue weighted by atomic mass is 10.4. The summed E-state index contributed by atoms with van der Waals surface area (Å²) < 4.78 is 2.96. The van der Waals surface area contributed by atoms with Crippen LogP contribution in [0, 0.1) is 4.77 Å². The molecule has 1 fully saturated rings. The van der Waals surface area contributed by atoms with E-state index in [2.05, 4.69) is 33.8 Å².